The molecule has 0 radical (unpaired) electrons. The molecule has 2 aromatic rings. The molecule has 1 aromatic carbocycles. The van der Waals surface area contributed by atoms with Crippen molar-refractivity contribution in [1.82, 2.24) is 10.2 Å². The number of amides is 1. The first kappa shape index (κ1) is 13.7. The quantitative estimate of drug-likeness (QED) is 0.848. The van der Waals surface area contributed by atoms with E-state index in [0.29, 0.717) is 11.4 Å². The number of aromatic amines is 1. The Morgan fingerprint density at radius 1 is 1.24 bits per heavy atom. The van der Waals surface area contributed by atoms with Crippen molar-refractivity contribution in [3.8, 4) is 0 Å². The lowest BCUT2D eigenvalue weighted by molar-refractivity contribution is -0.137. The minimum absolute atomic E-state index is 0.193. The molecule has 0 bridgehead atoms. The van der Waals surface area contributed by atoms with E-state index in [4.69, 9.17) is 0 Å². The first-order valence-corrected chi connectivity index (χ1v) is 6.38. The van der Waals surface area contributed by atoms with Crippen LogP contribution in [-0.2, 0) is 11.0 Å². The molecule has 1 atom stereocenters. The topological polar surface area (TPSA) is 57.8 Å². The van der Waals surface area contributed by atoms with Crippen molar-refractivity contribution in [2.75, 3.05) is 5.32 Å². The van der Waals surface area contributed by atoms with Crippen molar-refractivity contribution in [3.63, 3.8) is 0 Å². The van der Waals surface area contributed by atoms with Crippen LogP contribution in [0.4, 0.5) is 19.0 Å². The number of carbonyl (C=O) groups excluding carboxylic acids is 1. The summed E-state index contributed by atoms with van der Waals surface area (Å²) >= 11 is 0. The van der Waals surface area contributed by atoms with E-state index in [9.17, 15) is 18.0 Å². The van der Waals surface area contributed by atoms with Crippen LogP contribution in [0, 0.1) is 6.92 Å². The maximum atomic E-state index is 12.6. The molecule has 110 valence electrons. The second-order valence-electron chi connectivity index (χ2n) is 5.04. The Hall–Kier alpha value is -2.31. The van der Waals surface area contributed by atoms with Crippen LogP contribution >= 0.6 is 0 Å². The van der Waals surface area contributed by atoms with Gasteiger partial charge >= 0.3 is 6.18 Å². The number of carbonyl (C=O) groups is 1. The molecular weight excluding hydrogens is 283 g/mol. The molecule has 0 saturated carbocycles. The zero-order valence-corrected chi connectivity index (χ0v) is 11.1. The SMILES string of the molecule is Cc1[nH]nc2c1C(c1ccc(C(F)(F)F)cc1)CC(=O)N2. The average Bonchev–Trinajstić information content (AvgIpc) is 2.78. The first-order valence-electron chi connectivity index (χ1n) is 6.38. The molecule has 4 nitrogen and oxygen atoms in total. The molecule has 1 aliphatic heterocycles. The molecule has 0 fully saturated rings. The molecule has 0 aliphatic carbocycles. The lowest BCUT2D eigenvalue weighted by Gasteiger charge is -2.23. The lowest BCUT2D eigenvalue weighted by atomic mass is 9.85. The number of anilines is 1. The highest BCUT2D eigenvalue weighted by Crippen LogP contribution is 2.38. The Morgan fingerprint density at radius 2 is 1.90 bits per heavy atom. The third-order valence-electron chi connectivity index (χ3n) is 3.63. The number of halogens is 3. The molecule has 2 heterocycles. The lowest BCUT2D eigenvalue weighted by Crippen LogP contribution is -2.23. The third-order valence-corrected chi connectivity index (χ3v) is 3.63. The number of hydrogen-bond donors (Lipinski definition) is 2. The highest BCUT2D eigenvalue weighted by atomic mass is 19.4. The van der Waals surface area contributed by atoms with E-state index < -0.39 is 11.7 Å². The second-order valence-corrected chi connectivity index (χ2v) is 5.04. The van der Waals surface area contributed by atoms with Gasteiger partial charge in [-0.2, -0.15) is 18.3 Å². The van der Waals surface area contributed by atoms with Crippen LogP contribution < -0.4 is 5.32 Å². The summed E-state index contributed by atoms with van der Waals surface area (Å²) in [5.41, 5.74) is 1.60. The predicted octanol–water partition coefficient (Wildman–Crippen LogP) is 3.21. The Bertz CT molecular complexity index is 688. The summed E-state index contributed by atoms with van der Waals surface area (Å²) in [5.74, 6) is -0.0256. The summed E-state index contributed by atoms with van der Waals surface area (Å²) in [6.45, 7) is 1.82. The summed E-state index contributed by atoms with van der Waals surface area (Å²) in [4.78, 5) is 11.7. The molecular formula is C14H12F3N3O. The van der Waals surface area contributed by atoms with Gasteiger partial charge in [-0.25, -0.2) is 0 Å². The molecule has 0 saturated heterocycles. The molecule has 1 aromatic heterocycles. The van der Waals surface area contributed by atoms with E-state index >= 15 is 0 Å². The number of nitrogens with one attached hydrogen (secondary N) is 2. The molecule has 3 rings (SSSR count). The average molecular weight is 295 g/mol. The summed E-state index contributed by atoms with van der Waals surface area (Å²) in [7, 11) is 0. The Balaban J connectivity index is 2.01. The summed E-state index contributed by atoms with van der Waals surface area (Å²) in [6, 6.07) is 4.92. The zero-order valence-electron chi connectivity index (χ0n) is 11.1. The fourth-order valence-electron chi connectivity index (χ4n) is 2.62. The molecule has 1 aliphatic rings. The minimum atomic E-state index is -4.36. The maximum Gasteiger partial charge on any atom is 0.416 e. The summed E-state index contributed by atoms with van der Waals surface area (Å²) < 4.78 is 37.8. The first-order chi connectivity index (χ1) is 9.86. The highest BCUT2D eigenvalue weighted by molar-refractivity contribution is 5.94. The van der Waals surface area contributed by atoms with E-state index in [2.05, 4.69) is 15.5 Å². The Morgan fingerprint density at radius 3 is 2.52 bits per heavy atom. The Kier molecular flexibility index (Phi) is 3.00. The summed E-state index contributed by atoms with van der Waals surface area (Å²) in [6.07, 6.45) is -4.17. The third kappa shape index (κ3) is 2.39. The minimum Gasteiger partial charge on any atom is -0.309 e. The largest absolute Gasteiger partial charge is 0.416 e. The van der Waals surface area contributed by atoms with Crippen molar-refractivity contribution in [2.45, 2.75) is 25.4 Å². The number of rotatable bonds is 1. The van der Waals surface area contributed by atoms with E-state index in [-0.39, 0.29) is 18.2 Å². The van der Waals surface area contributed by atoms with E-state index in [1.54, 1.807) is 0 Å². The van der Waals surface area contributed by atoms with Gasteiger partial charge in [0, 0.05) is 23.6 Å². The van der Waals surface area contributed by atoms with Gasteiger partial charge in [0.25, 0.3) is 0 Å². The normalized spacial score (nSPS) is 18.3. The molecule has 1 unspecified atom stereocenters. The van der Waals surface area contributed by atoms with Crippen molar-refractivity contribution in [1.29, 1.82) is 0 Å². The van der Waals surface area contributed by atoms with Gasteiger partial charge in [0.2, 0.25) is 5.91 Å². The van der Waals surface area contributed by atoms with Gasteiger partial charge in [0.1, 0.15) is 0 Å². The number of hydrogen-bond acceptors (Lipinski definition) is 2. The standard InChI is InChI=1S/C14H12F3N3O/c1-7-12-10(6-11(21)18-13(12)20-19-7)8-2-4-9(5-3-8)14(15,16)17/h2-5,10H,6H2,1H3,(H2,18,19,20,21). The highest BCUT2D eigenvalue weighted by Gasteiger charge is 2.33. The number of alkyl halides is 3. The van der Waals surface area contributed by atoms with Crippen LogP contribution in [0.3, 0.4) is 0 Å². The smallest absolute Gasteiger partial charge is 0.309 e. The molecule has 2 N–H and O–H groups in total. The van der Waals surface area contributed by atoms with Crippen LogP contribution in [0.1, 0.15) is 34.7 Å². The Labute approximate surface area is 118 Å². The number of H-pyrrole nitrogens is 1. The molecule has 0 spiro atoms. The zero-order chi connectivity index (χ0) is 15.2. The van der Waals surface area contributed by atoms with Crippen molar-refractivity contribution in [3.05, 3.63) is 46.6 Å². The van der Waals surface area contributed by atoms with E-state index in [0.717, 1.165) is 23.4 Å². The van der Waals surface area contributed by atoms with Crippen molar-refractivity contribution in [2.24, 2.45) is 0 Å². The van der Waals surface area contributed by atoms with E-state index in [1.165, 1.54) is 12.1 Å². The number of aromatic nitrogens is 2. The number of aryl methyl sites for hydroxylation is 1. The van der Waals surface area contributed by atoms with Crippen molar-refractivity contribution < 1.29 is 18.0 Å². The maximum absolute atomic E-state index is 12.6. The van der Waals surface area contributed by atoms with Gasteiger partial charge < -0.3 is 5.32 Å². The van der Waals surface area contributed by atoms with Crippen LogP contribution in [0.15, 0.2) is 24.3 Å². The molecule has 21 heavy (non-hydrogen) atoms. The van der Waals surface area contributed by atoms with E-state index in [1.807, 2.05) is 6.92 Å². The monoisotopic (exact) mass is 295 g/mol. The van der Waals surface area contributed by atoms with Crippen molar-refractivity contribution >= 4 is 11.7 Å². The van der Waals surface area contributed by atoms with Gasteiger partial charge in [-0.1, -0.05) is 12.1 Å². The van der Waals surface area contributed by atoms with Gasteiger partial charge in [-0.3, -0.25) is 9.89 Å². The number of nitrogens with zero attached hydrogens (tertiary/aromatic N) is 1. The fraction of sp³-hybridized carbons (Fsp3) is 0.286. The fourth-order valence-corrected chi connectivity index (χ4v) is 2.62. The van der Waals surface area contributed by atoms with Crippen LogP contribution in [0.25, 0.3) is 0 Å². The van der Waals surface area contributed by atoms with Gasteiger partial charge in [-0.15, -0.1) is 0 Å². The van der Waals surface area contributed by atoms with Gasteiger partial charge in [-0.05, 0) is 24.6 Å². The van der Waals surface area contributed by atoms with Gasteiger partial charge in [0.05, 0.1) is 5.56 Å². The van der Waals surface area contributed by atoms with Crippen LogP contribution in [-0.4, -0.2) is 16.1 Å². The number of fused-ring (bicyclic) bond motifs is 1. The van der Waals surface area contributed by atoms with Crippen LogP contribution in [0.5, 0.6) is 0 Å². The summed E-state index contributed by atoms with van der Waals surface area (Å²) in [5, 5.41) is 9.45. The van der Waals surface area contributed by atoms with Crippen LogP contribution in [0.2, 0.25) is 0 Å². The molecule has 1 amide bonds. The number of benzene rings is 1. The van der Waals surface area contributed by atoms with Gasteiger partial charge in [0.15, 0.2) is 5.82 Å². The second kappa shape index (κ2) is 4.61. The predicted molar refractivity (Wildman–Crippen MR) is 69.9 cm³/mol. The molecule has 7 heteroatoms.